The van der Waals surface area contributed by atoms with Crippen molar-refractivity contribution in [3.05, 3.63) is 22.4 Å². The summed E-state index contributed by atoms with van der Waals surface area (Å²) in [6.07, 6.45) is 0. The Balaban J connectivity index is 2.01. The normalized spacial score (nSPS) is 21.1. The zero-order valence-corrected chi connectivity index (χ0v) is 15.7. The minimum absolute atomic E-state index is 0.0283. The molecule has 3 amide bonds. The molecular formula is C16H25N3O2S2. The number of amides is 3. The van der Waals surface area contributed by atoms with Crippen molar-refractivity contribution in [2.75, 3.05) is 19.6 Å². The summed E-state index contributed by atoms with van der Waals surface area (Å²) in [4.78, 5) is 28.3. The smallest absolute Gasteiger partial charge is 0.317 e. The Morgan fingerprint density at radius 3 is 2.78 bits per heavy atom. The molecule has 5 nitrogen and oxygen atoms in total. The van der Waals surface area contributed by atoms with Gasteiger partial charge in [-0.25, -0.2) is 4.79 Å². The largest absolute Gasteiger partial charge is 0.336 e. The van der Waals surface area contributed by atoms with Gasteiger partial charge in [0.05, 0.1) is 5.25 Å². The number of hydrogen-bond donors (Lipinski definition) is 1. The lowest BCUT2D eigenvalue weighted by molar-refractivity contribution is -0.129. The molecule has 1 aliphatic heterocycles. The van der Waals surface area contributed by atoms with Crippen LogP contribution in [0.25, 0.3) is 0 Å². The van der Waals surface area contributed by atoms with Crippen LogP contribution in [0.1, 0.15) is 38.6 Å². The van der Waals surface area contributed by atoms with Crippen molar-refractivity contribution >= 4 is 35.0 Å². The topological polar surface area (TPSA) is 52.7 Å². The van der Waals surface area contributed by atoms with E-state index in [2.05, 4.69) is 16.8 Å². The molecular weight excluding hydrogens is 330 g/mol. The molecule has 2 heterocycles. The number of carbonyl (C=O) groups excluding carboxylic acids is 2. The fourth-order valence-corrected chi connectivity index (χ4v) is 4.61. The summed E-state index contributed by atoms with van der Waals surface area (Å²) in [5.41, 5.74) is 1.17. The van der Waals surface area contributed by atoms with Gasteiger partial charge in [-0.05, 0) is 50.1 Å². The second-order valence-corrected chi connectivity index (χ2v) is 8.11. The van der Waals surface area contributed by atoms with Gasteiger partial charge in [0.15, 0.2) is 0 Å². The maximum atomic E-state index is 12.4. The van der Waals surface area contributed by atoms with Crippen LogP contribution in [0, 0.1) is 0 Å². The van der Waals surface area contributed by atoms with Crippen molar-refractivity contribution in [1.29, 1.82) is 0 Å². The first-order chi connectivity index (χ1) is 10.9. The summed E-state index contributed by atoms with van der Waals surface area (Å²) in [6.45, 7) is 9.55. The SMILES string of the molecule is CCN(CCN1C(=O)C(C)SC1c1ccsc1)C(=O)NC(C)C. The molecule has 1 fully saturated rings. The molecule has 0 saturated carbocycles. The van der Waals surface area contributed by atoms with Crippen LogP contribution in [0.4, 0.5) is 4.79 Å². The third-order valence-electron chi connectivity index (χ3n) is 3.77. The lowest BCUT2D eigenvalue weighted by Crippen LogP contribution is -2.46. The van der Waals surface area contributed by atoms with Crippen LogP contribution in [0.3, 0.4) is 0 Å². The maximum absolute atomic E-state index is 12.4. The van der Waals surface area contributed by atoms with Crippen molar-refractivity contribution in [3.63, 3.8) is 0 Å². The summed E-state index contributed by atoms with van der Waals surface area (Å²) in [5, 5.41) is 7.08. The van der Waals surface area contributed by atoms with Crippen molar-refractivity contribution in [3.8, 4) is 0 Å². The van der Waals surface area contributed by atoms with E-state index in [0.717, 1.165) is 0 Å². The summed E-state index contributed by atoms with van der Waals surface area (Å²) in [6, 6.07) is 2.12. The number of rotatable bonds is 6. The standard InChI is InChI=1S/C16H25N3O2S2/c1-5-18(16(21)17-11(2)3)7-8-19-14(20)12(4)23-15(19)13-6-9-22-10-13/h6,9-12,15H,5,7-8H2,1-4H3,(H,17,21). The van der Waals surface area contributed by atoms with E-state index in [1.807, 2.05) is 38.0 Å². The minimum Gasteiger partial charge on any atom is -0.336 e. The van der Waals surface area contributed by atoms with Crippen molar-refractivity contribution in [2.24, 2.45) is 0 Å². The third-order valence-corrected chi connectivity index (χ3v) is 5.86. The van der Waals surface area contributed by atoms with Crippen molar-refractivity contribution < 1.29 is 9.59 Å². The van der Waals surface area contributed by atoms with Crippen LogP contribution in [-0.2, 0) is 4.79 Å². The predicted octanol–water partition coefficient (Wildman–Crippen LogP) is 3.15. The van der Waals surface area contributed by atoms with Crippen LogP contribution < -0.4 is 5.32 Å². The van der Waals surface area contributed by atoms with E-state index in [1.54, 1.807) is 28.0 Å². The second-order valence-electron chi connectivity index (χ2n) is 5.90. The van der Waals surface area contributed by atoms with E-state index in [1.165, 1.54) is 5.56 Å². The number of carbonyl (C=O) groups is 2. The molecule has 1 aromatic rings. The molecule has 0 aliphatic carbocycles. The molecule has 0 aromatic carbocycles. The van der Waals surface area contributed by atoms with Gasteiger partial charge in [0.2, 0.25) is 5.91 Å². The van der Waals surface area contributed by atoms with Crippen LogP contribution in [0.15, 0.2) is 16.8 Å². The fourth-order valence-electron chi connectivity index (χ4n) is 2.55. The number of thioether (sulfide) groups is 1. The maximum Gasteiger partial charge on any atom is 0.317 e. The average Bonchev–Trinajstić information content (AvgIpc) is 3.10. The minimum atomic E-state index is -0.0677. The van der Waals surface area contributed by atoms with Crippen LogP contribution in [-0.4, -0.2) is 52.7 Å². The number of nitrogens with one attached hydrogen (secondary N) is 1. The Hall–Kier alpha value is -1.21. The molecule has 2 atom stereocenters. The Bertz CT molecular complexity index is 533. The van der Waals surface area contributed by atoms with Crippen LogP contribution >= 0.6 is 23.1 Å². The van der Waals surface area contributed by atoms with Crippen molar-refractivity contribution in [2.45, 2.75) is 44.4 Å². The zero-order valence-electron chi connectivity index (χ0n) is 14.1. The summed E-state index contributed by atoms with van der Waals surface area (Å²) in [7, 11) is 0. The van der Waals surface area contributed by atoms with Gasteiger partial charge in [0, 0.05) is 25.7 Å². The van der Waals surface area contributed by atoms with E-state index >= 15 is 0 Å². The Morgan fingerprint density at radius 1 is 1.48 bits per heavy atom. The number of likely N-dealkylation sites (N-methyl/N-ethyl adjacent to an activating group) is 1. The van der Waals surface area contributed by atoms with Crippen LogP contribution in [0.5, 0.6) is 0 Å². The molecule has 128 valence electrons. The summed E-state index contributed by atoms with van der Waals surface area (Å²) >= 11 is 3.33. The first-order valence-electron chi connectivity index (χ1n) is 7.97. The van der Waals surface area contributed by atoms with Gasteiger partial charge < -0.3 is 15.1 Å². The highest BCUT2D eigenvalue weighted by Crippen LogP contribution is 2.43. The van der Waals surface area contributed by atoms with Gasteiger partial charge >= 0.3 is 6.03 Å². The average molecular weight is 356 g/mol. The van der Waals surface area contributed by atoms with E-state index in [-0.39, 0.29) is 28.6 Å². The summed E-state index contributed by atoms with van der Waals surface area (Å²) in [5.74, 6) is 0.159. The molecule has 1 N–H and O–H groups in total. The molecule has 23 heavy (non-hydrogen) atoms. The third kappa shape index (κ3) is 4.41. The fraction of sp³-hybridized carbons (Fsp3) is 0.625. The first-order valence-corrected chi connectivity index (χ1v) is 9.86. The zero-order chi connectivity index (χ0) is 17.0. The van der Waals surface area contributed by atoms with Gasteiger partial charge in [-0.1, -0.05) is 0 Å². The second kappa shape index (κ2) is 8.06. The van der Waals surface area contributed by atoms with E-state index in [9.17, 15) is 9.59 Å². The van der Waals surface area contributed by atoms with Crippen LogP contribution in [0.2, 0.25) is 0 Å². The highest BCUT2D eigenvalue weighted by atomic mass is 32.2. The molecule has 2 unspecified atom stereocenters. The molecule has 2 rings (SSSR count). The van der Waals surface area contributed by atoms with E-state index < -0.39 is 0 Å². The molecule has 0 spiro atoms. The Labute approximate surface area is 146 Å². The highest BCUT2D eigenvalue weighted by Gasteiger charge is 2.38. The van der Waals surface area contributed by atoms with Gasteiger partial charge in [-0.3, -0.25) is 4.79 Å². The lowest BCUT2D eigenvalue weighted by atomic mass is 10.3. The van der Waals surface area contributed by atoms with E-state index in [4.69, 9.17) is 0 Å². The number of hydrogen-bond acceptors (Lipinski definition) is 4. The number of nitrogens with zero attached hydrogens (tertiary/aromatic N) is 2. The molecule has 1 aromatic heterocycles. The number of urea groups is 1. The Morgan fingerprint density at radius 2 is 2.22 bits per heavy atom. The quantitative estimate of drug-likeness (QED) is 0.853. The van der Waals surface area contributed by atoms with Gasteiger partial charge in [-0.15, -0.1) is 11.8 Å². The highest BCUT2D eigenvalue weighted by molar-refractivity contribution is 8.01. The molecule has 1 aliphatic rings. The van der Waals surface area contributed by atoms with Crippen molar-refractivity contribution in [1.82, 2.24) is 15.1 Å². The van der Waals surface area contributed by atoms with E-state index in [0.29, 0.717) is 19.6 Å². The molecule has 1 saturated heterocycles. The molecule has 0 radical (unpaired) electrons. The molecule has 0 bridgehead atoms. The first kappa shape index (κ1) is 18.1. The van der Waals surface area contributed by atoms with Gasteiger partial charge in [0.1, 0.15) is 5.37 Å². The number of thiophene rings is 1. The van der Waals surface area contributed by atoms with Gasteiger partial charge in [-0.2, -0.15) is 11.3 Å². The predicted molar refractivity (Wildman–Crippen MR) is 96.7 cm³/mol. The monoisotopic (exact) mass is 355 g/mol. The molecule has 7 heteroatoms. The van der Waals surface area contributed by atoms with Gasteiger partial charge in [0.25, 0.3) is 0 Å². The lowest BCUT2D eigenvalue weighted by Gasteiger charge is -2.28. The summed E-state index contributed by atoms with van der Waals surface area (Å²) < 4.78 is 0. The Kier molecular flexibility index (Phi) is 6.35.